The van der Waals surface area contributed by atoms with Gasteiger partial charge in [-0.15, -0.1) is 0 Å². The van der Waals surface area contributed by atoms with Gasteiger partial charge in [-0.25, -0.2) is 0 Å². The minimum atomic E-state index is -0.414. The molecule has 178 valence electrons. The number of para-hydroxylation sites is 2. The predicted molar refractivity (Wildman–Crippen MR) is 140 cm³/mol. The van der Waals surface area contributed by atoms with Gasteiger partial charge in [-0.3, -0.25) is 9.69 Å². The van der Waals surface area contributed by atoms with Gasteiger partial charge in [0.1, 0.15) is 0 Å². The molecule has 35 heavy (non-hydrogen) atoms. The number of nitrogens with zero attached hydrogens (tertiary/aromatic N) is 1. The number of aromatic nitrogens is 2. The van der Waals surface area contributed by atoms with E-state index in [0.29, 0.717) is 29.3 Å². The average molecular weight is 467 g/mol. The van der Waals surface area contributed by atoms with Gasteiger partial charge < -0.3 is 20.4 Å². The smallest absolute Gasteiger partial charge is 0.291 e. The molecule has 7 rings (SSSR count). The molecule has 2 fully saturated rings. The number of aromatic amines is 2. The fraction of sp³-hybridized carbons (Fsp3) is 0.345. The summed E-state index contributed by atoms with van der Waals surface area (Å²) >= 11 is 0. The van der Waals surface area contributed by atoms with Crippen molar-refractivity contribution in [2.45, 2.75) is 44.2 Å². The number of allylic oxidation sites excluding steroid dienone is 1. The van der Waals surface area contributed by atoms with Gasteiger partial charge in [0.15, 0.2) is 5.75 Å². The first kappa shape index (κ1) is 20.8. The lowest BCUT2D eigenvalue weighted by atomic mass is 9.74. The first-order chi connectivity index (χ1) is 17.1. The second kappa shape index (κ2) is 7.75. The van der Waals surface area contributed by atoms with E-state index in [4.69, 9.17) is 0 Å². The van der Waals surface area contributed by atoms with Crippen LogP contribution in [0.2, 0.25) is 0 Å². The van der Waals surface area contributed by atoms with Gasteiger partial charge in [0.2, 0.25) is 0 Å². The molecular formula is C29H30N4O2. The number of hydrogen-bond donors (Lipinski definition) is 4. The van der Waals surface area contributed by atoms with E-state index in [1.807, 2.05) is 24.3 Å². The topological polar surface area (TPSA) is 84.2 Å². The molecule has 6 heteroatoms. The number of rotatable bonds is 2. The minimum Gasteiger partial charge on any atom is -0.503 e. The Bertz CT molecular complexity index is 1550. The molecule has 0 bridgehead atoms. The third kappa shape index (κ3) is 3.09. The Morgan fingerprint density at radius 2 is 1.94 bits per heavy atom. The maximum absolute atomic E-state index is 12.7. The quantitative estimate of drug-likeness (QED) is 0.318. The number of nitrogens with one attached hydrogen (secondary N) is 3. The molecule has 5 heterocycles. The van der Waals surface area contributed by atoms with Crippen molar-refractivity contribution >= 4 is 27.5 Å². The maximum atomic E-state index is 12.7. The molecule has 0 spiro atoms. The molecule has 0 saturated carbocycles. The maximum Gasteiger partial charge on any atom is 0.291 e. The number of anilines is 1. The number of benzene rings is 2. The van der Waals surface area contributed by atoms with E-state index in [0.717, 1.165) is 48.0 Å². The summed E-state index contributed by atoms with van der Waals surface area (Å²) in [7, 11) is 0. The van der Waals surface area contributed by atoms with E-state index in [1.165, 1.54) is 23.2 Å². The van der Waals surface area contributed by atoms with Crippen LogP contribution < -0.4 is 10.9 Å². The van der Waals surface area contributed by atoms with Gasteiger partial charge in [-0.05, 0) is 56.3 Å². The van der Waals surface area contributed by atoms with Crippen LogP contribution in [0.5, 0.6) is 5.75 Å². The van der Waals surface area contributed by atoms with Crippen LogP contribution in [-0.4, -0.2) is 45.1 Å². The van der Waals surface area contributed by atoms with Gasteiger partial charge in [0.25, 0.3) is 5.56 Å². The molecule has 4 unspecified atom stereocenters. The summed E-state index contributed by atoms with van der Waals surface area (Å²) in [6, 6.07) is 17.5. The van der Waals surface area contributed by atoms with Gasteiger partial charge in [0, 0.05) is 46.8 Å². The van der Waals surface area contributed by atoms with E-state index < -0.39 is 5.56 Å². The number of H-pyrrole nitrogens is 2. The first-order valence-electron chi connectivity index (χ1n) is 12.7. The highest BCUT2D eigenvalue weighted by Crippen LogP contribution is 2.47. The molecule has 4 atom stereocenters. The first-order valence-corrected chi connectivity index (χ1v) is 12.7. The van der Waals surface area contributed by atoms with Crippen molar-refractivity contribution in [3.05, 3.63) is 81.8 Å². The third-order valence-corrected chi connectivity index (χ3v) is 8.71. The lowest BCUT2D eigenvalue weighted by Crippen LogP contribution is -2.56. The highest BCUT2D eigenvalue weighted by molar-refractivity contribution is 6.10. The summed E-state index contributed by atoms with van der Waals surface area (Å²) in [6.45, 7) is 4.23. The predicted octanol–water partition coefficient (Wildman–Crippen LogP) is 4.88. The van der Waals surface area contributed by atoms with E-state index in [9.17, 15) is 9.90 Å². The van der Waals surface area contributed by atoms with E-state index in [-0.39, 0.29) is 5.75 Å². The number of pyridine rings is 1. The molecule has 4 aromatic rings. The molecule has 2 saturated heterocycles. The summed E-state index contributed by atoms with van der Waals surface area (Å²) in [5.74, 6) is 0.694. The van der Waals surface area contributed by atoms with Gasteiger partial charge in [-0.2, -0.15) is 0 Å². The molecule has 6 nitrogen and oxygen atoms in total. The molecule has 2 aromatic carbocycles. The molecule has 3 aliphatic heterocycles. The van der Waals surface area contributed by atoms with Crippen LogP contribution in [0.4, 0.5) is 5.69 Å². The van der Waals surface area contributed by atoms with Crippen molar-refractivity contribution in [1.82, 2.24) is 14.9 Å². The van der Waals surface area contributed by atoms with Crippen LogP contribution in [0.15, 0.2) is 65.0 Å². The van der Waals surface area contributed by atoms with Crippen LogP contribution in [0.3, 0.4) is 0 Å². The van der Waals surface area contributed by atoms with Crippen LogP contribution in [0, 0.1) is 5.92 Å². The Hall–Kier alpha value is -3.51. The standard InChI is InChI=1S/C29H30N4O2/c1-2-16-15-33-12-11-19-18-7-3-5-9-21(18)30-26(19)24(33)14-17(16)13-23-27-25(28(34)29(35)32-23)20-8-4-6-10-22(20)31-27/h2-10,17,19,24,26,30-31,34H,11-15H2,1H3,(H,32,35)/b16-2-. The fourth-order valence-corrected chi connectivity index (χ4v) is 7.05. The summed E-state index contributed by atoms with van der Waals surface area (Å²) < 4.78 is 0. The van der Waals surface area contributed by atoms with Crippen LogP contribution in [0.1, 0.15) is 36.9 Å². The fourth-order valence-electron chi connectivity index (χ4n) is 7.05. The van der Waals surface area contributed by atoms with Crippen molar-refractivity contribution in [3.8, 4) is 5.75 Å². The van der Waals surface area contributed by atoms with Crippen molar-refractivity contribution in [3.63, 3.8) is 0 Å². The zero-order chi connectivity index (χ0) is 23.7. The molecular weight excluding hydrogens is 436 g/mol. The molecule has 0 aliphatic carbocycles. The Labute approximate surface area is 203 Å². The van der Waals surface area contributed by atoms with Crippen molar-refractivity contribution in [2.24, 2.45) is 5.92 Å². The van der Waals surface area contributed by atoms with Gasteiger partial charge in [-0.1, -0.05) is 48.0 Å². The van der Waals surface area contributed by atoms with E-state index in [2.05, 4.69) is 57.4 Å². The second-order valence-electron chi connectivity index (χ2n) is 10.4. The Kier molecular flexibility index (Phi) is 4.61. The van der Waals surface area contributed by atoms with Gasteiger partial charge >= 0.3 is 0 Å². The van der Waals surface area contributed by atoms with E-state index >= 15 is 0 Å². The van der Waals surface area contributed by atoms with Crippen LogP contribution >= 0.6 is 0 Å². The summed E-state index contributed by atoms with van der Waals surface area (Å²) in [5.41, 5.74) is 6.44. The normalized spacial score (nSPS) is 27.1. The Morgan fingerprint density at radius 3 is 2.83 bits per heavy atom. The zero-order valence-electron chi connectivity index (χ0n) is 19.8. The monoisotopic (exact) mass is 466 g/mol. The Balaban J connectivity index is 1.26. The van der Waals surface area contributed by atoms with Crippen molar-refractivity contribution in [2.75, 3.05) is 18.4 Å². The van der Waals surface area contributed by atoms with Crippen LogP contribution in [0.25, 0.3) is 21.8 Å². The van der Waals surface area contributed by atoms with Crippen LogP contribution in [-0.2, 0) is 6.42 Å². The molecule has 0 amide bonds. The summed E-state index contributed by atoms with van der Waals surface area (Å²) in [5, 5.41) is 16.0. The average Bonchev–Trinajstić information content (AvgIpc) is 3.46. The number of hydrogen-bond acceptors (Lipinski definition) is 4. The molecule has 0 radical (unpaired) electrons. The highest BCUT2D eigenvalue weighted by Gasteiger charge is 2.46. The number of aromatic hydroxyl groups is 1. The molecule has 3 aliphatic rings. The largest absolute Gasteiger partial charge is 0.503 e. The molecule has 4 N–H and O–H groups in total. The third-order valence-electron chi connectivity index (χ3n) is 8.71. The lowest BCUT2D eigenvalue weighted by Gasteiger charge is -2.49. The number of fused-ring (bicyclic) bond motifs is 8. The van der Waals surface area contributed by atoms with Gasteiger partial charge in [0.05, 0.1) is 10.9 Å². The van der Waals surface area contributed by atoms with Crippen molar-refractivity contribution < 1.29 is 5.11 Å². The molecule has 2 aromatic heterocycles. The SMILES string of the molecule is C/C=C1/CN2CCC3c4ccccc4NC3C2CC1Cc1[nH]c(=O)c(O)c2c1[nH]c1ccccc12. The number of piperidine rings is 2. The second-order valence-corrected chi connectivity index (χ2v) is 10.4. The zero-order valence-corrected chi connectivity index (χ0v) is 19.8. The summed E-state index contributed by atoms with van der Waals surface area (Å²) in [6.07, 6.45) is 5.25. The minimum absolute atomic E-state index is 0.203. The highest BCUT2D eigenvalue weighted by atomic mass is 16.3. The Morgan fingerprint density at radius 1 is 1.11 bits per heavy atom. The lowest BCUT2D eigenvalue weighted by molar-refractivity contribution is 0.0913. The van der Waals surface area contributed by atoms with E-state index in [1.54, 1.807) is 0 Å². The summed E-state index contributed by atoms with van der Waals surface area (Å²) in [4.78, 5) is 21.9. The van der Waals surface area contributed by atoms with Crippen molar-refractivity contribution in [1.29, 1.82) is 0 Å².